The molecule has 150 valence electrons. The molecule has 1 heterocycles. The second-order valence-electron chi connectivity index (χ2n) is 6.65. The zero-order chi connectivity index (χ0) is 20.6. The highest BCUT2D eigenvalue weighted by Gasteiger charge is 2.19. The van der Waals surface area contributed by atoms with E-state index in [-0.39, 0.29) is 18.3 Å². The van der Waals surface area contributed by atoms with Crippen LogP contribution in [0.3, 0.4) is 0 Å². The molecule has 1 amide bonds. The molecule has 0 radical (unpaired) electrons. The minimum atomic E-state index is -0.251. The summed E-state index contributed by atoms with van der Waals surface area (Å²) in [6.45, 7) is 4.53. The standard InChI is InChI=1S/C23H25N3O3/c1-3-29-21(27)14-9-15-24-23(28)20-16-26(18-11-5-4-6-12-18)25-22(20)19-13-8-7-10-17(19)2/h4-8,10-13,16H,3,9,14-15H2,1-2H3,(H,24,28). The van der Waals surface area contributed by atoms with Gasteiger partial charge in [0.1, 0.15) is 5.69 Å². The Bertz CT molecular complexity index is 980. The van der Waals surface area contributed by atoms with Crippen molar-refractivity contribution in [1.29, 1.82) is 0 Å². The minimum absolute atomic E-state index is 0.214. The third-order valence-corrected chi connectivity index (χ3v) is 4.53. The van der Waals surface area contributed by atoms with Gasteiger partial charge in [-0.15, -0.1) is 0 Å². The molecule has 6 nitrogen and oxygen atoms in total. The van der Waals surface area contributed by atoms with E-state index in [1.807, 2.05) is 61.5 Å². The van der Waals surface area contributed by atoms with E-state index in [4.69, 9.17) is 9.84 Å². The molecule has 0 aliphatic carbocycles. The van der Waals surface area contributed by atoms with Gasteiger partial charge in [-0.25, -0.2) is 4.68 Å². The number of amides is 1. The molecular weight excluding hydrogens is 366 g/mol. The number of nitrogens with zero attached hydrogens (tertiary/aromatic N) is 2. The van der Waals surface area contributed by atoms with Crippen LogP contribution in [0.1, 0.15) is 35.7 Å². The summed E-state index contributed by atoms with van der Waals surface area (Å²) < 4.78 is 6.63. The van der Waals surface area contributed by atoms with E-state index in [0.717, 1.165) is 16.8 Å². The van der Waals surface area contributed by atoms with Crippen LogP contribution in [0, 0.1) is 6.92 Å². The number of para-hydroxylation sites is 1. The van der Waals surface area contributed by atoms with Gasteiger partial charge in [0.15, 0.2) is 0 Å². The van der Waals surface area contributed by atoms with Crippen molar-refractivity contribution in [3.05, 3.63) is 71.9 Å². The van der Waals surface area contributed by atoms with Crippen molar-refractivity contribution < 1.29 is 14.3 Å². The number of benzene rings is 2. The summed E-state index contributed by atoms with van der Waals surface area (Å²) in [4.78, 5) is 24.3. The number of hydrogen-bond acceptors (Lipinski definition) is 4. The molecule has 1 N–H and O–H groups in total. The fourth-order valence-corrected chi connectivity index (χ4v) is 3.05. The van der Waals surface area contributed by atoms with Crippen LogP contribution in [-0.2, 0) is 9.53 Å². The van der Waals surface area contributed by atoms with Gasteiger partial charge in [0, 0.05) is 24.7 Å². The van der Waals surface area contributed by atoms with E-state index < -0.39 is 0 Å². The monoisotopic (exact) mass is 391 g/mol. The first kappa shape index (κ1) is 20.3. The Hall–Kier alpha value is -3.41. The quantitative estimate of drug-likeness (QED) is 0.467. The smallest absolute Gasteiger partial charge is 0.305 e. The Balaban J connectivity index is 1.82. The van der Waals surface area contributed by atoms with Crippen molar-refractivity contribution >= 4 is 11.9 Å². The van der Waals surface area contributed by atoms with Gasteiger partial charge in [0.25, 0.3) is 5.91 Å². The Labute approximate surface area is 170 Å². The molecule has 6 heteroatoms. The van der Waals surface area contributed by atoms with Gasteiger partial charge in [-0.3, -0.25) is 9.59 Å². The average molecular weight is 391 g/mol. The SMILES string of the molecule is CCOC(=O)CCCNC(=O)c1cn(-c2ccccc2)nc1-c1ccccc1C. The highest BCUT2D eigenvalue weighted by Crippen LogP contribution is 2.26. The molecular formula is C23H25N3O3. The van der Waals surface area contributed by atoms with Gasteiger partial charge in [-0.1, -0.05) is 42.5 Å². The third kappa shape index (κ3) is 5.10. The van der Waals surface area contributed by atoms with Gasteiger partial charge in [-0.05, 0) is 38.0 Å². The number of ether oxygens (including phenoxy) is 1. The first-order valence-corrected chi connectivity index (χ1v) is 9.75. The van der Waals surface area contributed by atoms with Crippen LogP contribution in [0.15, 0.2) is 60.8 Å². The Kier molecular flexibility index (Phi) is 6.79. The summed E-state index contributed by atoms with van der Waals surface area (Å²) in [5, 5.41) is 7.59. The van der Waals surface area contributed by atoms with Crippen molar-refractivity contribution in [1.82, 2.24) is 15.1 Å². The number of hydrogen-bond donors (Lipinski definition) is 1. The van der Waals surface area contributed by atoms with E-state index in [1.165, 1.54) is 0 Å². The zero-order valence-electron chi connectivity index (χ0n) is 16.7. The predicted octanol–water partition coefficient (Wildman–Crippen LogP) is 3.92. The number of rotatable bonds is 8. The van der Waals surface area contributed by atoms with Gasteiger partial charge in [-0.2, -0.15) is 5.10 Å². The lowest BCUT2D eigenvalue weighted by Gasteiger charge is -2.07. The molecule has 29 heavy (non-hydrogen) atoms. The van der Waals surface area contributed by atoms with E-state index in [2.05, 4.69) is 5.32 Å². The van der Waals surface area contributed by atoms with Gasteiger partial charge in [0.05, 0.1) is 17.9 Å². The van der Waals surface area contributed by atoms with Crippen LogP contribution in [0.25, 0.3) is 16.9 Å². The molecule has 0 aliphatic rings. The van der Waals surface area contributed by atoms with Gasteiger partial charge >= 0.3 is 5.97 Å². The number of esters is 1. The van der Waals surface area contributed by atoms with E-state index >= 15 is 0 Å². The Morgan fingerprint density at radius 1 is 1.07 bits per heavy atom. The second kappa shape index (κ2) is 9.68. The normalized spacial score (nSPS) is 10.6. The van der Waals surface area contributed by atoms with Crippen LogP contribution < -0.4 is 5.32 Å². The molecule has 0 unspecified atom stereocenters. The highest BCUT2D eigenvalue weighted by atomic mass is 16.5. The van der Waals surface area contributed by atoms with Crippen molar-refractivity contribution in [2.75, 3.05) is 13.2 Å². The molecule has 0 aliphatic heterocycles. The summed E-state index contributed by atoms with van der Waals surface area (Å²) in [6, 6.07) is 17.5. The fraction of sp³-hybridized carbons (Fsp3) is 0.261. The number of aromatic nitrogens is 2. The van der Waals surface area contributed by atoms with Crippen molar-refractivity contribution in [3.8, 4) is 16.9 Å². The van der Waals surface area contributed by atoms with Crippen LogP contribution in [0.2, 0.25) is 0 Å². The maximum Gasteiger partial charge on any atom is 0.305 e. The number of carbonyl (C=O) groups excluding carboxylic acids is 2. The van der Waals surface area contributed by atoms with Crippen molar-refractivity contribution in [2.45, 2.75) is 26.7 Å². The van der Waals surface area contributed by atoms with Gasteiger partial charge < -0.3 is 10.1 Å². The molecule has 0 fully saturated rings. The molecule has 0 bridgehead atoms. The molecule has 3 rings (SSSR count). The Morgan fingerprint density at radius 3 is 2.52 bits per heavy atom. The molecule has 0 saturated heterocycles. The van der Waals surface area contributed by atoms with Crippen LogP contribution in [0.4, 0.5) is 0 Å². The Morgan fingerprint density at radius 2 is 1.79 bits per heavy atom. The lowest BCUT2D eigenvalue weighted by molar-refractivity contribution is -0.143. The number of aryl methyl sites for hydroxylation is 1. The summed E-state index contributed by atoms with van der Waals surface area (Å²) in [5.41, 5.74) is 3.97. The van der Waals surface area contributed by atoms with E-state index in [1.54, 1.807) is 17.8 Å². The maximum absolute atomic E-state index is 12.9. The summed E-state index contributed by atoms with van der Waals surface area (Å²) in [7, 11) is 0. The third-order valence-electron chi connectivity index (χ3n) is 4.53. The molecule has 0 atom stereocenters. The molecule has 0 spiro atoms. The summed E-state index contributed by atoms with van der Waals surface area (Å²) >= 11 is 0. The fourth-order valence-electron chi connectivity index (χ4n) is 3.05. The largest absolute Gasteiger partial charge is 0.466 e. The molecule has 1 aromatic heterocycles. The topological polar surface area (TPSA) is 73.2 Å². The zero-order valence-corrected chi connectivity index (χ0v) is 16.7. The second-order valence-corrected chi connectivity index (χ2v) is 6.65. The van der Waals surface area contributed by atoms with Gasteiger partial charge in [0.2, 0.25) is 0 Å². The first-order valence-electron chi connectivity index (χ1n) is 9.75. The van der Waals surface area contributed by atoms with Crippen molar-refractivity contribution in [2.24, 2.45) is 0 Å². The molecule has 0 saturated carbocycles. The molecule has 3 aromatic rings. The lowest BCUT2D eigenvalue weighted by atomic mass is 10.0. The van der Waals surface area contributed by atoms with E-state index in [9.17, 15) is 9.59 Å². The first-order chi connectivity index (χ1) is 14.1. The average Bonchev–Trinajstić information content (AvgIpc) is 3.17. The van der Waals surface area contributed by atoms with E-state index in [0.29, 0.717) is 30.8 Å². The van der Waals surface area contributed by atoms with Crippen LogP contribution >= 0.6 is 0 Å². The van der Waals surface area contributed by atoms with Crippen LogP contribution in [0.5, 0.6) is 0 Å². The lowest BCUT2D eigenvalue weighted by Crippen LogP contribution is -2.25. The predicted molar refractivity (Wildman–Crippen MR) is 112 cm³/mol. The molecule has 2 aromatic carbocycles. The number of carbonyl (C=O) groups is 2. The van der Waals surface area contributed by atoms with Crippen molar-refractivity contribution in [3.63, 3.8) is 0 Å². The minimum Gasteiger partial charge on any atom is -0.466 e. The maximum atomic E-state index is 12.9. The highest BCUT2D eigenvalue weighted by molar-refractivity contribution is 6.00. The number of nitrogens with one attached hydrogen (secondary N) is 1. The summed E-state index contributed by atoms with van der Waals surface area (Å²) in [6.07, 6.45) is 2.55. The summed E-state index contributed by atoms with van der Waals surface area (Å²) in [5.74, 6) is -0.464. The van der Waals surface area contributed by atoms with Crippen LogP contribution in [-0.4, -0.2) is 34.8 Å².